The Morgan fingerprint density at radius 2 is 1.85 bits per heavy atom. The van der Waals surface area contributed by atoms with Gasteiger partial charge in [-0.2, -0.15) is 0 Å². The molecule has 0 aromatic heterocycles. The molecule has 0 saturated carbocycles. The monoisotopic (exact) mass is 180 g/mol. The highest BCUT2D eigenvalue weighted by Gasteiger charge is 2.16. The summed E-state index contributed by atoms with van der Waals surface area (Å²) in [6.07, 6.45) is 11.4. The van der Waals surface area contributed by atoms with E-state index in [4.69, 9.17) is 6.42 Å². The van der Waals surface area contributed by atoms with Crippen LogP contribution in [0, 0.1) is 23.7 Å². The van der Waals surface area contributed by atoms with Crippen molar-refractivity contribution in [3.05, 3.63) is 0 Å². The van der Waals surface area contributed by atoms with Gasteiger partial charge in [-0.3, -0.25) is 0 Å². The standard InChI is InChI=1S/C13H24/c1-6-7-10-13(4,5)11-8-9-12(2)3/h1,12H,7-11H2,2-5H3. The molecule has 0 nitrogen and oxygen atoms in total. The first-order chi connectivity index (χ1) is 5.98. The van der Waals surface area contributed by atoms with E-state index in [9.17, 15) is 0 Å². The smallest absolute Gasteiger partial charge is 0.00911 e. The van der Waals surface area contributed by atoms with Crippen LogP contribution in [-0.2, 0) is 0 Å². The fourth-order valence-electron chi connectivity index (χ4n) is 1.52. The van der Waals surface area contributed by atoms with E-state index in [2.05, 4.69) is 33.6 Å². The topological polar surface area (TPSA) is 0 Å². The van der Waals surface area contributed by atoms with Gasteiger partial charge >= 0.3 is 0 Å². The molecule has 0 radical (unpaired) electrons. The first-order valence-electron chi connectivity index (χ1n) is 5.41. The van der Waals surface area contributed by atoms with Crippen LogP contribution < -0.4 is 0 Å². The van der Waals surface area contributed by atoms with Gasteiger partial charge in [-0.15, -0.1) is 12.3 Å². The average molecular weight is 180 g/mol. The Kier molecular flexibility index (Phi) is 5.88. The lowest BCUT2D eigenvalue weighted by Crippen LogP contribution is -2.11. The van der Waals surface area contributed by atoms with Crippen LogP contribution in [0.1, 0.15) is 59.8 Å². The molecule has 0 aliphatic rings. The van der Waals surface area contributed by atoms with Crippen molar-refractivity contribution in [3.63, 3.8) is 0 Å². The van der Waals surface area contributed by atoms with Gasteiger partial charge in [0.2, 0.25) is 0 Å². The lowest BCUT2D eigenvalue weighted by atomic mass is 9.82. The van der Waals surface area contributed by atoms with Crippen molar-refractivity contribution in [3.8, 4) is 12.3 Å². The molecule has 13 heavy (non-hydrogen) atoms. The predicted molar refractivity (Wildman–Crippen MR) is 60.5 cm³/mol. The number of terminal acetylenes is 1. The largest absolute Gasteiger partial charge is 0.120 e. The van der Waals surface area contributed by atoms with Gasteiger partial charge in [0.15, 0.2) is 0 Å². The van der Waals surface area contributed by atoms with Gasteiger partial charge in [0.1, 0.15) is 0 Å². The van der Waals surface area contributed by atoms with E-state index in [1.165, 1.54) is 25.7 Å². The summed E-state index contributed by atoms with van der Waals surface area (Å²) in [5.41, 5.74) is 0.446. The molecule has 0 rings (SSSR count). The van der Waals surface area contributed by atoms with Crippen LogP contribution in [0.25, 0.3) is 0 Å². The van der Waals surface area contributed by atoms with Crippen molar-refractivity contribution in [2.75, 3.05) is 0 Å². The predicted octanol–water partition coefficient (Wildman–Crippen LogP) is 4.25. The summed E-state index contributed by atoms with van der Waals surface area (Å²) in [4.78, 5) is 0. The normalized spacial score (nSPS) is 11.7. The van der Waals surface area contributed by atoms with Crippen LogP contribution in [0.4, 0.5) is 0 Å². The minimum Gasteiger partial charge on any atom is -0.120 e. The SMILES string of the molecule is C#CCCC(C)(C)CCCC(C)C. The van der Waals surface area contributed by atoms with Crippen molar-refractivity contribution in [1.29, 1.82) is 0 Å². The molecule has 0 heterocycles. The number of hydrogen-bond donors (Lipinski definition) is 0. The molecule has 0 saturated heterocycles. The van der Waals surface area contributed by atoms with Crippen LogP contribution >= 0.6 is 0 Å². The third kappa shape index (κ3) is 7.91. The molecule has 0 heteroatoms. The van der Waals surface area contributed by atoms with Crippen LogP contribution in [0.5, 0.6) is 0 Å². The Hall–Kier alpha value is -0.440. The summed E-state index contributed by atoms with van der Waals surface area (Å²) in [5.74, 6) is 3.56. The second kappa shape index (κ2) is 6.08. The fourth-order valence-corrected chi connectivity index (χ4v) is 1.52. The Morgan fingerprint density at radius 3 is 2.31 bits per heavy atom. The Morgan fingerprint density at radius 1 is 1.23 bits per heavy atom. The fraction of sp³-hybridized carbons (Fsp3) is 0.846. The molecule has 0 bridgehead atoms. The zero-order valence-electron chi connectivity index (χ0n) is 9.69. The van der Waals surface area contributed by atoms with Gasteiger partial charge in [-0.25, -0.2) is 0 Å². The average Bonchev–Trinajstić information content (AvgIpc) is 2.00. The van der Waals surface area contributed by atoms with Gasteiger partial charge in [0.05, 0.1) is 0 Å². The maximum Gasteiger partial charge on any atom is 0.00911 e. The van der Waals surface area contributed by atoms with E-state index in [0.717, 1.165) is 12.3 Å². The molecule has 0 aliphatic carbocycles. The molecule has 0 fully saturated rings. The van der Waals surface area contributed by atoms with Gasteiger partial charge in [0, 0.05) is 6.42 Å². The van der Waals surface area contributed by atoms with Crippen molar-refractivity contribution in [2.45, 2.75) is 59.8 Å². The van der Waals surface area contributed by atoms with E-state index in [-0.39, 0.29) is 0 Å². The molecule has 0 spiro atoms. The van der Waals surface area contributed by atoms with Gasteiger partial charge in [-0.05, 0) is 24.2 Å². The highest BCUT2D eigenvalue weighted by Crippen LogP contribution is 2.29. The summed E-state index contributed by atoms with van der Waals surface area (Å²) in [5, 5.41) is 0. The van der Waals surface area contributed by atoms with E-state index in [0.29, 0.717) is 5.41 Å². The summed E-state index contributed by atoms with van der Waals surface area (Å²) < 4.78 is 0. The maximum atomic E-state index is 5.26. The number of rotatable bonds is 6. The first-order valence-corrected chi connectivity index (χ1v) is 5.41. The molecule has 0 unspecified atom stereocenters. The molecule has 0 aromatic rings. The minimum absolute atomic E-state index is 0.446. The molecule has 0 aromatic carbocycles. The lowest BCUT2D eigenvalue weighted by molar-refractivity contribution is 0.292. The van der Waals surface area contributed by atoms with Crippen molar-refractivity contribution < 1.29 is 0 Å². The minimum atomic E-state index is 0.446. The second-order valence-electron chi connectivity index (χ2n) is 5.15. The van der Waals surface area contributed by atoms with Gasteiger partial charge in [-0.1, -0.05) is 40.5 Å². The summed E-state index contributed by atoms with van der Waals surface area (Å²) in [6.45, 7) is 9.22. The molecule has 76 valence electrons. The summed E-state index contributed by atoms with van der Waals surface area (Å²) in [6, 6.07) is 0. The van der Waals surface area contributed by atoms with E-state index in [1.54, 1.807) is 0 Å². The highest BCUT2D eigenvalue weighted by molar-refractivity contribution is 4.86. The zero-order chi connectivity index (χ0) is 10.3. The molecule has 0 N–H and O–H groups in total. The molecule has 0 atom stereocenters. The Bertz CT molecular complexity index is 157. The van der Waals surface area contributed by atoms with Crippen LogP contribution in [-0.4, -0.2) is 0 Å². The third-order valence-electron chi connectivity index (χ3n) is 2.58. The Labute approximate surface area is 84.1 Å². The summed E-state index contributed by atoms with van der Waals surface area (Å²) in [7, 11) is 0. The van der Waals surface area contributed by atoms with Crippen molar-refractivity contribution in [1.82, 2.24) is 0 Å². The van der Waals surface area contributed by atoms with Crippen LogP contribution in [0.3, 0.4) is 0 Å². The van der Waals surface area contributed by atoms with E-state index >= 15 is 0 Å². The lowest BCUT2D eigenvalue weighted by Gasteiger charge is -2.23. The zero-order valence-corrected chi connectivity index (χ0v) is 9.69. The second-order valence-corrected chi connectivity index (χ2v) is 5.15. The van der Waals surface area contributed by atoms with Crippen molar-refractivity contribution >= 4 is 0 Å². The highest BCUT2D eigenvalue weighted by atomic mass is 14.2. The maximum absolute atomic E-state index is 5.26. The van der Waals surface area contributed by atoms with Crippen molar-refractivity contribution in [2.24, 2.45) is 11.3 Å². The molecule has 0 aliphatic heterocycles. The van der Waals surface area contributed by atoms with Gasteiger partial charge in [0.25, 0.3) is 0 Å². The quantitative estimate of drug-likeness (QED) is 0.536. The Balaban J connectivity index is 3.57. The first kappa shape index (κ1) is 12.6. The summed E-state index contributed by atoms with van der Waals surface area (Å²) >= 11 is 0. The van der Waals surface area contributed by atoms with Gasteiger partial charge < -0.3 is 0 Å². The van der Waals surface area contributed by atoms with E-state index in [1.807, 2.05) is 0 Å². The molecular weight excluding hydrogens is 156 g/mol. The third-order valence-corrected chi connectivity index (χ3v) is 2.58. The number of hydrogen-bond acceptors (Lipinski definition) is 0. The van der Waals surface area contributed by atoms with E-state index < -0.39 is 0 Å². The molecule has 0 amide bonds. The van der Waals surface area contributed by atoms with Crippen LogP contribution in [0.15, 0.2) is 0 Å². The molecular formula is C13H24. The van der Waals surface area contributed by atoms with Crippen LogP contribution in [0.2, 0.25) is 0 Å².